The van der Waals surface area contributed by atoms with E-state index in [0.717, 1.165) is 29.0 Å². The van der Waals surface area contributed by atoms with Crippen LogP contribution >= 0.6 is 0 Å². The summed E-state index contributed by atoms with van der Waals surface area (Å²) in [5, 5.41) is 3.32. The van der Waals surface area contributed by atoms with Crippen molar-refractivity contribution in [1.82, 2.24) is 0 Å². The molecule has 1 atom stereocenters. The largest absolute Gasteiger partial charge is 0.485 e. The van der Waals surface area contributed by atoms with Crippen molar-refractivity contribution in [3.8, 4) is 5.75 Å². The van der Waals surface area contributed by atoms with Gasteiger partial charge in [-0.05, 0) is 32.4 Å². The third-order valence-electron chi connectivity index (χ3n) is 4.05. The van der Waals surface area contributed by atoms with Gasteiger partial charge in [-0.3, -0.25) is 0 Å². The van der Waals surface area contributed by atoms with Crippen molar-refractivity contribution in [1.29, 1.82) is 0 Å². The van der Waals surface area contributed by atoms with Crippen LogP contribution in [0.25, 0.3) is 0 Å². The maximum absolute atomic E-state index is 12.5. The number of rotatable bonds is 5. The number of fused-ring (bicyclic) bond motifs is 1. The zero-order valence-corrected chi connectivity index (χ0v) is 14.3. The molecule has 126 valence electrons. The molecule has 0 radical (unpaired) electrons. The Bertz CT molecular complexity index is 725. The van der Waals surface area contributed by atoms with Gasteiger partial charge < -0.3 is 14.8 Å². The lowest BCUT2D eigenvalue weighted by atomic mass is 10.0. The van der Waals surface area contributed by atoms with E-state index in [9.17, 15) is 4.79 Å². The molecule has 0 bridgehead atoms. The molecule has 4 heteroatoms. The van der Waals surface area contributed by atoms with Crippen molar-refractivity contribution in [3.05, 3.63) is 59.7 Å². The first-order valence-electron chi connectivity index (χ1n) is 8.29. The number of anilines is 1. The standard InChI is InChI=1S/C20H23NO3/c1-4-23-19(22)17(14-9-6-5-7-10-14)21-16-12-8-11-15-13-20(2,3)24-18(15)16/h5-12,17,21H,4,13H2,1-3H3. The third-order valence-corrected chi connectivity index (χ3v) is 4.05. The van der Waals surface area contributed by atoms with Gasteiger partial charge in [0.05, 0.1) is 12.3 Å². The van der Waals surface area contributed by atoms with Crippen LogP contribution in [0.3, 0.4) is 0 Å². The second kappa shape index (κ2) is 6.56. The average molecular weight is 325 g/mol. The highest BCUT2D eigenvalue weighted by atomic mass is 16.5. The Morgan fingerprint density at radius 3 is 2.67 bits per heavy atom. The molecule has 0 aliphatic carbocycles. The molecule has 1 unspecified atom stereocenters. The van der Waals surface area contributed by atoms with E-state index in [0.29, 0.717) is 6.61 Å². The Labute approximate surface area is 142 Å². The van der Waals surface area contributed by atoms with Crippen LogP contribution < -0.4 is 10.1 Å². The van der Waals surface area contributed by atoms with Gasteiger partial charge in [0.25, 0.3) is 0 Å². The summed E-state index contributed by atoms with van der Waals surface area (Å²) in [6.45, 7) is 6.29. The van der Waals surface area contributed by atoms with Gasteiger partial charge in [0, 0.05) is 12.0 Å². The number of nitrogens with one attached hydrogen (secondary N) is 1. The molecule has 3 rings (SSSR count). The fourth-order valence-electron chi connectivity index (χ4n) is 3.03. The number of carbonyl (C=O) groups is 1. The van der Waals surface area contributed by atoms with E-state index in [2.05, 4.69) is 25.2 Å². The lowest BCUT2D eigenvalue weighted by Crippen LogP contribution is -2.26. The van der Waals surface area contributed by atoms with Crippen molar-refractivity contribution in [2.75, 3.05) is 11.9 Å². The number of ether oxygens (including phenoxy) is 2. The predicted octanol–water partition coefficient (Wildman–Crippen LogP) is 4.12. The van der Waals surface area contributed by atoms with E-state index in [-0.39, 0.29) is 11.6 Å². The molecule has 24 heavy (non-hydrogen) atoms. The third kappa shape index (κ3) is 3.37. The van der Waals surface area contributed by atoms with Gasteiger partial charge in [-0.25, -0.2) is 4.79 Å². The SMILES string of the molecule is CCOC(=O)C(Nc1cccc2c1OC(C)(C)C2)c1ccccc1. The Morgan fingerprint density at radius 2 is 1.96 bits per heavy atom. The van der Waals surface area contributed by atoms with Crippen molar-refractivity contribution < 1.29 is 14.3 Å². The van der Waals surface area contributed by atoms with E-state index >= 15 is 0 Å². The molecule has 0 aromatic heterocycles. The lowest BCUT2D eigenvalue weighted by Gasteiger charge is -2.22. The molecule has 1 aliphatic heterocycles. The van der Waals surface area contributed by atoms with Gasteiger partial charge in [-0.1, -0.05) is 42.5 Å². The average Bonchev–Trinajstić information content (AvgIpc) is 2.88. The van der Waals surface area contributed by atoms with Gasteiger partial charge in [0.15, 0.2) is 6.04 Å². The van der Waals surface area contributed by atoms with E-state index in [1.165, 1.54) is 0 Å². The first-order chi connectivity index (χ1) is 11.5. The van der Waals surface area contributed by atoms with Crippen molar-refractivity contribution in [3.63, 3.8) is 0 Å². The minimum atomic E-state index is -0.565. The molecule has 4 nitrogen and oxygen atoms in total. The van der Waals surface area contributed by atoms with Crippen LogP contribution in [0.1, 0.15) is 37.9 Å². The Kier molecular flexibility index (Phi) is 4.47. The number of para-hydroxylation sites is 1. The molecule has 2 aromatic rings. The van der Waals surface area contributed by atoms with Crippen LogP contribution in [0.2, 0.25) is 0 Å². The van der Waals surface area contributed by atoms with Crippen LogP contribution in [-0.2, 0) is 16.0 Å². The van der Waals surface area contributed by atoms with Gasteiger partial charge in [-0.2, -0.15) is 0 Å². The van der Waals surface area contributed by atoms with Crippen LogP contribution in [0.5, 0.6) is 5.75 Å². The topological polar surface area (TPSA) is 47.6 Å². The summed E-state index contributed by atoms with van der Waals surface area (Å²) in [5.41, 5.74) is 2.61. The second-order valence-corrected chi connectivity index (χ2v) is 6.57. The fourth-order valence-corrected chi connectivity index (χ4v) is 3.03. The molecular formula is C20H23NO3. The number of esters is 1. The molecule has 0 fully saturated rings. The van der Waals surface area contributed by atoms with Gasteiger partial charge >= 0.3 is 5.97 Å². The molecular weight excluding hydrogens is 302 g/mol. The van der Waals surface area contributed by atoms with Crippen molar-refractivity contribution in [2.45, 2.75) is 38.8 Å². The minimum absolute atomic E-state index is 0.230. The van der Waals surface area contributed by atoms with Gasteiger partial charge in [0.2, 0.25) is 0 Å². The minimum Gasteiger partial charge on any atom is -0.485 e. The van der Waals surface area contributed by atoms with Crippen LogP contribution in [0.15, 0.2) is 48.5 Å². The molecule has 0 saturated heterocycles. The first kappa shape index (κ1) is 16.4. The number of benzene rings is 2. The predicted molar refractivity (Wildman–Crippen MR) is 94.3 cm³/mol. The highest BCUT2D eigenvalue weighted by Crippen LogP contribution is 2.41. The summed E-state index contributed by atoms with van der Waals surface area (Å²) in [6.07, 6.45) is 0.854. The maximum atomic E-state index is 12.5. The Hall–Kier alpha value is -2.49. The second-order valence-electron chi connectivity index (χ2n) is 6.57. The zero-order valence-electron chi connectivity index (χ0n) is 14.3. The van der Waals surface area contributed by atoms with Gasteiger partial charge in [0.1, 0.15) is 11.4 Å². The van der Waals surface area contributed by atoms with Crippen LogP contribution in [-0.4, -0.2) is 18.2 Å². The monoisotopic (exact) mass is 325 g/mol. The molecule has 1 heterocycles. The molecule has 0 amide bonds. The zero-order chi connectivity index (χ0) is 17.2. The molecule has 2 aromatic carbocycles. The first-order valence-corrected chi connectivity index (χ1v) is 8.29. The lowest BCUT2D eigenvalue weighted by molar-refractivity contribution is -0.144. The van der Waals surface area contributed by atoms with E-state index in [1.54, 1.807) is 0 Å². The summed E-state index contributed by atoms with van der Waals surface area (Å²) < 4.78 is 11.3. The summed E-state index contributed by atoms with van der Waals surface area (Å²) in [5.74, 6) is 0.534. The maximum Gasteiger partial charge on any atom is 0.333 e. The van der Waals surface area contributed by atoms with Crippen LogP contribution in [0, 0.1) is 0 Å². The Balaban J connectivity index is 1.92. The summed E-state index contributed by atoms with van der Waals surface area (Å²) in [7, 11) is 0. The van der Waals surface area contributed by atoms with Crippen LogP contribution in [0.4, 0.5) is 5.69 Å². The van der Waals surface area contributed by atoms with Gasteiger partial charge in [-0.15, -0.1) is 0 Å². The smallest absolute Gasteiger partial charge is 0.333 e. The summed E-state index contributed by atoms with van der Waals surface area (Å²) in [6, 6.07) is 15.0. The van der Waals surface area contributed by atoms with E-state index in [1.807, 2.05) is 49.4 Å². The molecule has 1 aliphatic rings. The molecule has 1 N–H and O–H groups in total. The van der Waals surface area contributed by atoms with Crippen molar-refractivity contribution in [2.24, 2.45) is 0 Å². The number of carbonyl (C=O) groups excluding carboxylic acids is 1. The number of hydrogen-bond acceptors (Lipinski definition) is 4. The quantitative estimate of drug-likeness (QED) is 0.840. The highest BCUT2D eigenvalue weighted by molar-refractivity contribution is 5.82. The van der Waals surface area contributed by atoms with E-state index < -0.39 is 6.04 Å². The molecule has 0 saturated carbocycles. The fraction of sp³-hybridized carbons (Fsp3) is 0.350. The summed E-state index contributed by atoms with van der Waals surface area (Å²) in [4.78, 5) is 12.5. The normalized spacial score (nSPS) is 16.0. The Morgan fingerprint density at radius 1 is 1.21 bits per heavy atom. The van der Waals surface area contributed by atoms with Crippen molar-refractivity contribution >= 4 is 11.7 Å². The highest BCUT2D eigenvalue weighted by Gasteiger charge is 2.33. The number of hydrogen-bond donors (Lipinski definition) is 1. The van der Waals surface area contributed by atoms with E-state index in [4.69, 9.17) is 9.47 Å². The summed E-state index contributed by atoms with van der Waals surface area (Å²) >= 11 is 0. The molecule has 0 spiro atoms.